The molecule has 1 aromatic carbocycles. The number of rotatable bonds is 5. The molecule has 4 heteroatoms. The Kier molecular flexibility index (Phi) is 4.41. The molecule has 1 heterocycles. The number of nitriles is 1. The van der Waals surface area contributed by atoms with Crippen LogP contribution in [-0.4, -0.2) is 41.9 Å². The number of hydrogen-bond acceptors (Lipinski definition) is 3. The fraction of sp³-hybridized carbons (Fsp3) is 0.500. The molecule has 1 unspecified atom stereocenters. The van der Waals surface area contributed by atoms with Crippen molar-refractivity contribution < 1.29 is 4.79 Å². The van der Waals surface area contributed by atoms with Gasteiger partial charge in [0.2, 0.25) is 0 Å². The van der Waals surface area contributed by atoms with E-state index in [1.165, 1.54) is 0 Å². The molecular weight excluding hydrogens is 250 g/mol. The predicted octanol–water partition coefficient (Wildman–Crippen LogP) is 2.36. The SMILES string of the molecule is CCN(CC)CCN1C(=O)c2c(C)cccc2C1C#N. The quantitative estimate of drug-likeness (QED) is 0.826. The number of aryl methyl sites for hydroxylation is 1. The second-order valence-electron chi connectivity index (χ2n) is 5.10. The minimum Gasteiger partial charge on any atom is -0.317 e. The van der Waals surface area contributed by atoms with Crippen LogP contribution in [-0.2, 0) is 0 Å². The topological polar surface area (TPSA) is 47.3 Å². The summed E-state index contributed by atoms with van der Waals surface area (Å²) >= 11 is 0. The van der Waals surface area contributed by atoms with Crippen molar-refractivity contribution in [3.63, 3.8) is 0 Å². The number of hydrogen-bond donors (Lipinski definition) is 0. The van der Waals surface area contributed by atoms with Crippen molar-refractivity contribution >= 4 is 5.91 Å². The minimum atomic E-state index is -0.437. The van der Waals surface area contributed by atoms with Crippen LogP contribution in [0.15, 0.2) is 18.2 Å². The highest BCUT2D eigenvalue weighted by molar-refractivity contribution is 6.01. The van der Waals surface area contributed by atoms with E-state index in [-0.39, 0.29) is 5.91 Å². The summed E-state index contributed by atoms with van der Waals surface area (Å²) in [6.07, 6.45) is 0. The Labute approximate surface area is 120 Å². The molecule has 20 heavy (non-hydrogen) atoms. The smallest absolute Gasteiger partial charge is 0.255 e. The van der Waals surface area contributed by atoms with Crippen LogP contribution in [0.1, 0.15) is 41.4 Å². The van der Waals surface area contributed by atoms with Gasteiger partial charge in [-0.2, -0.15) is 5.26 Å². The van der Waals surface area contributed by atoms with Gasteiger partial charge < -0.3 is 9.80 Å². The van der Waals surface area contributed by atoms with E-state index < -0.39 is 6.04 Å². The zero-order valence-electron chi connectivity index (χ0n) is 12.4. The number of benzene rings is 1. The molecule has 0 fully saturated rings. The molecule has 0 aromatic heterocycles. The monoisotopic (exact) mass is 271 g/mol. The van der Waals surface area contributed by atoms with Gasteiger partial charge in [-0.1, -0.05) is 32.0 Å². The van der Waals surface area contributed by atoms with Gasteiger partial charge in [-0.25, -0.2) is 0 Å². The number of amides is 1. The van der Waals surface area contributed by atoms with Crippen molar-refractivity contribution in [3.8, 4) is 6.07 Å². The van der Waals surface area contributed by atoms with Crippen LogP contribution in [0.2, 0.25) is 0 Å². The lowest BCUT2D eigenvalue weighted by Gasteiger charge is -2.25. The van der Waals surface area contributed by atoms with E-state index in [0.717, 1.165) is 36.3 Å². The summed E-state index contributed by atoms with van der Waals surface area (Å²) in [6, 6.07) is 7.58. The summed E-state index contributed by atoms with van der Waals surface area (Å²) in [5.74, 6) is -0.00296. The van der Waals surface area contributed by atoms with Gasteiger partial charge in [0.25, 0.3) is 5.91 Å². The maximum absolute atomic E-state index is 12.5. The van der Waals surface area contributed by atoms with Crippen LogP contribution < -0.4 is 0 Å². The molecule has 4 nitrogen and oxygen atoms in total. The first-order valence-corrected chi connectivity index (χ1v) is 7.16. The first-order valence-electron chi connectivity index (χ1n) is 7.16. The Hall–Kier alpha value is -1.86. The summed E-state index contributed by atoms with van der Waals surface area (Å²) in [5.41, 5.74) is 2.54. The van der Waals surface area contributed by atoms with Gasteiger partial charge in [0.1, 0.15) is 6.04 Å². The van der Waals surface area contributed by atoms with Crippen molar-refractivity contribution in [2.45, 2.75) is 26.8 Å². The molecule has 0 saturated carbocycles. The third-order valence-electron chi connectivity index (χ3n) is 4.06. The molecule has 1 amide bonds. The zero-order valence-corrected chi connectivity index (χ0v) is 12.4. The standard InChI is InChI=1S/C16H21N3O/c1-4-18(5-2)9-10-19-14(11-17)13-8-6-7-12(3)15(13)16(19)20/h6-8,14H,4-5,9-10H2,1-3H3. The number of nitrogens with zero attached hydrogens (tertiary/aromatic N) is 3. The van der Waals surface area contributed by atoms with Crippen LogP contribution in [0.3, 0.4) is 0 Å². The summed E-state index contributed by atoms with van der Waals surface area (Å²) in [4.78, 5) is 16.5. The second-order valence-corrected chi connectivity index (χ2v) is 5.10. The molecule has 0 bridgehead atoms. The fourth-order valence-electron chi connectivity index (χ4n) is 2.80. The van der Waals surface area contributed by atoms with Gasteiger partial charge in [0, 0.05) is 24.2 Å². The van der Waals surface area contributed by atoms with Crippen molar-refractivity contribution in [2.24, 2.45) is 0 Å². The van der Waals surface area contributed by atoms with E-state index in [0.29, 0.717) is 6.54 Å². The van der Waals surface area contributed by atoms with Gasteiger partial charge >= 0.3 is 0 Å². The van der Waals surface area contributed by atoms with Crippen molar-refractivity contribution in [1.82, 2.24) is 9.80 Å². The highest BCUT2D eigenvalue weighted by Crippen LogP contribution is 2.34. The summed E-state index contributed by atoms with van der Waals surface area (Å²) in [6.45, 7) is 9.48. The maximum Gasteiger partial charge on any atom is 0.255 e. The molecule has 0 aliphatic carbocycles. The molecule has 2 rings (SSSR count). The number of likely N-dealkylation sites (N-methyl/N-ethyl adjacent to an activating group) is 1. The Morgan fingerprint density at radius 3 is 2.65 bits per heavy atom. The second kappa shape index (κ2) is 6.06. The van der Waals surface area contributed by atoms with E-state index in [2.05, 4.69) is 24.8 Å². The molecule has 0 N–H and O–H groups in total. The summed E-state index contributed by atoms with van der Waals surface area (Å²) in [7, 11) is 0. The number of carbonyl (C=O) groups is 1. The third-order valence-corrected chi connectivity index (χ3v) is 4.06. The zero-order chi connectivity index (χ0) is 14.7. The van der Waals surface area contributed by atoms with Gasteiger partial charge in [-0.05, 0) is 25.6 Å². The highest BCUT2D eigenvalue weighted by atomic mass is 16.2. The lowest BCUT2D eigenvalue weighted by molar-refractivity contribution is 0.0737. The molecule has 106 valence electrons. The molecule has 1 aliphatic rings. The van der Waals surface area contributed by atoms with Gasteiger partial charge in [-0.15, -0.1) is 0 Å². The Balaban J connectivity index is 2.23. The Bertz CT molecular complexity index is 543. The first kappa shape index (κ1) is 14.5. The van der Waals surface area contributed by atoms with Gasteiger partial charge in [-0.3, -0.25) is 4.79 Å². The largest absolute Gasteiger partial charge is 0.317 e. The number of carbonyl (C=O) groups excluding carboxylic acids is 1. The molecule has 0 spiro atoms. The Morgan fingerprint density at radius 2 is 2.05 bits per heavy atom. The Morgan fingerprint density at radius 1 is 1.35 bits per heavy atom. The maximum atomic E-state index is 12.5. The van der Waals surface area contributed by atoms with Crippen molar-refractivity contribution in [3.05, 3.63) is 34.9 Å². The van der Waals surface area contributed by atoms with Crippen molar-refractivity contribution in [2.75, 3.05) is 26.2 Å². The van der Waals surface area contributed by atoms with E-state index in [1.807, 2.05) is 25.1 Å². The molecule has 0 radical (unpaired) electrons. The van der Waals surface area contributed by atoms with E-state index in [1.54, 1.807) is 4.90 Å². The summed E-state index contributed by atoms with van der Waals surface area (Å²) < 4.78 is 0. The van der Waals surface area contributed by atoms with Crippen LogP contribution in [0.4, 0.5) is 0 Å². The molecule has 1 aromatic rings. The van der Waals surface area contributed by atoms with Crippen LogP contribution in [0.25, 0.3) is 0 Å². The van der Waals surface area contributed by atoms with Crippen LogP contribution in [0, 0.1) is 18.3 Å². The molecule has 0 saturated heterocycles. The lowest BCUT2D eigenvalue weighted by Crippen LogP contribution is -2.37. The minimum absolute atomic E-state index is 0.00296. The lowest BCUT2D eigenvalue weighted by atomic mass is 10.0. The number of fused-ring (bicyclic) bond motifs is 1. The van der Waals surface area contributed by atoms with E-state index in [9.17, 15) is 10.1 Å². The predicted molar refractivity (Wildman–Crippen MR) is 78.4 cm³/mol. The van der Waals surface area contributed by atoms with Gasteiger partial charge in [0.15, 0.2) is 0 Å². The first-order chi connectivity index (χ1) is 9.63. The molecular formula is C16H21N3O. The molecule has 1 aliphatic heterocycles. The van der Waals surface area contributed by atoms with Crippen LogP contribution >= 0.6 is 0 Å². The average molecular weight is 271 g/mol. The third kappa shape index (κ3) is 2.41. The molecule has 1 atom stereocenters. The van der Waals surface area contributed by atoms with E-state index in [4.69, 9.17) is 0 Å². The summed E-state index contributed by atoms with van der Waals surface area (Å²) in [5, 5.41) is 9.41. The normalized spacial score (nSPS) is 17.4. The fourth-order valence-corrected chi connectivity index (χ4v) is 2.80. The highest BCUT2D eigenvalue weighted by Gasteiger charge is 2.37. The van der Waals surface area contributed by atoms with E-state index >= 15 is 0 Å². The van der Waals surface area contributed by atoms with Gasteiger partial charge in [0.05, 0.1) is 6.07 Å². The average Bonchev–Trinajstić information content (AvgIpc) is 2.73. The van der Waals surface area contributed by atoms with Crippen LogP contribution in [0.5, 0.6) is 0 Å². The van der Waals surface area contributed by atoms with Crippen molar-refractivity contribution in [1.29, 1.82) is 5.26 Å².